The van der Waals surface area contributed by atoms with Gasteiger partial charge in [0.25, 0.3) is 0 Å². The molecule has 1 heterocycles. The normalized spacial score (nSPS) is 50.7. The van der Waals surface area contributed by atoms with Crippen LogP contribution in [-0.4, -0.2) is 30.6 Å². The van der Waals surface area contributed by atoms with E-state index in [1.54, 1.807) is 0 Å². The highest BCUT2D eigenvalue weighted by Gasteiger charge is 2.40. The van der Waals surface area contributed by atoms with Gasteiger partial charge in [0, 0.05) is 18.6 Å². The third-order valence-electron chi connectivity index (χ3n) is 2.79. The van der Waals surface area contributed by atoms with Crippen LogP contribution in [0.2, 0.25) is 0 Å². The van der Waals surface area contributed by atoms with E-state index in [1.807, 2.05) is 0 Å². The van der Waals surface area contributed by atoms with Crippen LogP contribution < -0.4 is 5.73 Å². The molecule has 0 aromatic rings. The molecule has 2 bridgehead atoms. The zero-order valence-electron chi connectivity index (χ0n) is 5.88. The third-order valence-corrected chi connectivity index (χ3v) is 2.79. The minimum atomic E-state index is 0.480. The molecule has 2 rings (SSSR count). The Labute approximate surface area is 56.0 Å². The molecular weight excluding hydrogens is 112 g/mol. The van der Waals surface area contributed by atoms with Crippen molar-refractivity contribution in [3.05, 3.63) is 0 Å². The molecule has 2 heteroatoms. The zero-order valence-corrected chi connectivity index (χ0v) is 5.88. The van der Waals surface area contributed by atoms with Gasteiger partial charge in [-0.15, -0.1) is 0 Å². The van der Waals surface area contributed by atoms with Gasteiger partial charge in [-0.3, -0.25) is 0 Å². The van der Waals surface area contributed by atoms with Crippen molar-refractivity contribution in [1.29, 1.82) is 0 Å². The van der Waals surface area contributed by atoms with E-state index in [-0.39, 0.29) is 0 Å². The van der Waals surface area contributed by atoms with Crippen LogP contribution in [0, 0.1) is 5.92 Å². The van der Waals surface area contributed by atoms with Gasteiger partial charge in [-0.2, -0.15) is 0 Å². The molecule has 1 aliphatic carbocycles. The molecule has 1 saturated heterocycles. The van der Waals surface area contributed by atoms with Crippen LogP contribution in [0.25, 0.3) is 0 Å². The number of rotatable bonds is 0. The van der Waals surface area contributed by atoms with Gasteiger partial charge >= 0.3 is 0 Å². The Morgan fingerprint density at radius 1 is 1.44 bits per heavy atom. The molecule has 0 amide bonds. The number of likely N-dealkylation sites (N-methyl/N-ethyl adjacent to an activating group) is 1. The van der Waals surface area contributed by atoms with E-state index in [1.165, 1.54) is 19.4 Å². The standard InChI is InChI=1S/C7H14N2/c1-9-4-5-2-6(8)7(9)3-5/h5-7H,2-4,8H2,1H3. The molecule has 1 saturated carbocycles. The second-order valence-electron chi connectivity index (χ2n) is 3.51. The maximum atomic E-state index is 5.87. The van der Waals surface area contributed by atoms with E-state index in [2.05, 4.69) is 11.9 Å². The summed E-state index contributed by atoms with van der Waals surface area (Å²) in [4.78, 5) is 2.40. The largest absolute Gasteiger partial charge is 0.326 e. The average molecular weight is 126 g/mol. The van der Waals surface area contributed by atoms with Crippen molar-refractivity contribution >= 4 is 0 Å². The second-order valence-corrected chi connectivity index (χ2v) is 3.51. The molecule has 52 valence electrons. The number of nitrogens with zero attached hydrogens (tertiary/aromatic N) is 1. The molecule has 2 nitrogen and oxygen atoms in total. The first kappa shape index (κ1) is 5.69. The van der Waals surface area contributed by atoms with Crippen molar-refractivity contribution in [2.75, 3.05) is 13.6 Å². The first-order valence-electron chi connectivity index (χ1n) is 3.73. The number of likely N-dealkylation sites (tertiary alicyclic amines) is 1. The van der Waals surface area contributed by atoms with E-state index in [9.17, 15) is 0 Å². The molecule has 1 aliphatic heterocycles. The minimum absolute atomic E-state index is 0.480. The lowest BCUT2D eigenvalue weighted by Crippen LogP contribution is -2.43. The van der Waals surface area contributed by atoms with E-state index in [0.29, 0.717) is 6.04 Å². The number of fused-ring (bicyclic) bond motifs is 2. The summed E-state index contributed by atoms with van der Waals surface area (Å²) in [6, 6.07) is 1.20. The highest BCUT2D eigenvalue weighted by molar-refractivity contribution is 4.98. The summed E-state index contributed by atoms with van der Waals surface area (Å²) >= 11 is 0. The second kappa shape index (κ2) is 1.70. The van der Waals surface area contributed by atoms with Gasteiger partial charge in [-0.25, -0.2) is 0 Å². The van der Waals surface area contributed by atoms with Crippen molar-refractivity contribution in [2.24, 2.45) is 11.7 Å². The molecule has 0 spiro atoms. The zero-order chi connectivity index (χ0) is 6.43. The lowest BCUT2D eigenvalue weighted by Gasteiger charge is -2.26. The van der Waals surface area contributed by atoms with Gasteiger partial charge in [0.1, 0.15) is 0 Å². The fraction of sp³-hybridized carbons (Fsp3) is 1.00. The average Bonchev–Trinajstić information content (AvgIpc) is 2.22. The van der Waals surface area contributed by atoms with Crippen molar-refractivity contribution in [2.45, 2.75) is 24.9 Å². The van der Waals surface area contributed by atoms with Gasteiger partial charge < -0.3 is 10.6 Å². The molecular formula is C7H14N2. The fourth-order valence-electron chi connectivity index (χ4n) is 2.35. The summed E-state index contributed by atoms with van der Waals surface area (Å²) in [6.07, 6.45) is 2.63. The summed E-state index contributed by atoms with van der Waals surface area (Å²) in [5, 5.41) is 0. The number of hydrogen-bond donors (Lipinski definition) is 1. The van der Waals surface area contributed by atoms with E-state index in [0.717, 1.165) is 12.0 Å². The summed E-state index contributed by atoms with van der Waals surface area (Å²) < 4.78 is 0. The van der Waals surface area contributed by atoms with Crippen molar-refractivity contribution in [3.63, 3.8) is 0 Å². The quantitative estimate of drug-likeness (QED) is 0.496. The monoisotopic (exact) mass is 126 g/mol. The summed E-state index contributed by atoms with van der Waals surface area (Å²) in [7, 11) is 2.18. The van der Waals surface area contributed by atoms with Crippen LogP contribution >= 0.6 is 0 Å². The first-order valence-corrected chi connectivity index (χ1v) is 3.73. The van der Waals surface area contributed by atoms with Gasteiger partial charge in [-0.1, -0.05) is 0 Å². The van der Waals surface area contributed by atoms with E-state index in [4.69, 9.17) is 5.73 Å². The Bertz CT molecular complexity index is 112. The molecule has 0 aromatic heterocycles. The van der Waals surface area contributed by atoms with Crippen LogP contribution in [0.5, 0.6) is 0 Å². The number of hydrogen-bond acceptors (Lipinski definition) is 2. The Balaban J connectivity index is 2.13. The summed E-state index contributed by atoms with van der Waals surface area (Å²) in [5.74, 6) is 0.926. The minimum Gasteiger partial charge on any atom is -0.326 e. The van der Waals surface area contributed by atoms with Crippen molar-refractivity contribution in [3.8, 4) is 0 Å². The number of piperidine rings is 1. The summed E-state index contributed by atoms with van der Waals surface area (Å²) in [6.45, 7) is 1.29. The molecule has 9 heavy (non-hydrogen) atoms. The lowest BCUT2D eigenvalue weighted by atomic mass is 10.1. The Hall–Kier alpha value is -0.0800. The Kier molecular flexibility index (Phi) is 1.08. The Morgan fingerprint density at radius 3 is 2.56 bits per heavy atom. The van der Waals surface area contributed by atoms with Crippen LogP contribution in [0.15, 0.2) is 0 Å². The lowest BCUT2D eigenvalue weighted by molar-refractivity contribution is 0.235. The van der Waals surface area contributed by atoms with E-state index >= 15 is 0 Å². The van der Waals surface area contributed by atoms with Gasteiger partial charge in [0.2, 0.25) is 0 Å². The van der Waals surface area contributed by atoms with E-state index < -0.39 is 0 Å². The van der Waals surface area contributed by atoms with Gasteiger partial charge in [0.15, 0.2) is 0 Å². The third kappa shape index (κ3) is 0.700. The smallest absolute Gasteiger partial charge is 0.0247 e. The maximum absolute atomic E-state index is 5.87. The molecule has 2 N–H and O–H groups in total. The Morgan fingerprint density at radius 2 is 2.22 bits per heavy atom. The molecule has 0 aromatic carbocycles. The maximum Gasteiger partial charge on any atom is 0.0247 e. The van der Waals surface area contributed by atoms with Crippen LogP contribution in [0.1, 0.15) is 12.8 Å². The predicted molar refractivity (Wildman–Crippen MR) is 37.1 cm³/mol. The first-order chi connectivity index (χ1) is 4.27. The van der Waals surface area contributed by atoms with Crippen molar-refractivity contribution < 1.29 is 0 Å². The van der Waals surface area contributed by atoms with Crippen molar-refractivity contribution in [1.82, 2.24) is 4.90 Å². The molecule has 3 atom stereocenters. The molecule has 0 radical (unpaired) electrons. The molecule has 3 unspecified atom stereocenters. The highest BCUT2D eigenvalue weighted by Crippen LogP contribution is 2.35. The molecule has 2 fully saturated rings. The van der Waals surface area contributed by atoms with Crippen LogP contribution in [0.3, 0.4) is 0 Å². The SMILES string of the molecule is CN1CC2CC(N)C1C2. The van der Waals surface area contributed by atoms with Crippen LogP contribution in [-0.2, 0) is 0 Å². The summed E-state index contributed by atoms with van der Waals surface area (Å²) in [5.41, 5.74) is 5.87. The predicted octanol–water partition coefficient (Wildman–Crippen LogP) is 0.0377. The topological polar surface area (TPSA) is 29.3 Å². The fourth-order valence-corrected chi connectivity index (χ4v) is 2.35. The highest BCUT2D eigenvalue weighted by atomic mass is 15.2. The number of nitrogens with two attached hydrogens (primary N) is 1. The van der Waals surface area contributed by atoms with Crippen LogP contribution in [0.4, 0.5) is 0 Å². The van der Waals surface area contributed by atoms with Gasteiger partial charge in [0.05, 0.1) is 0 Å². The van der Waals surface area contributed by atoms with Gasteiger partial charge in [-0.05, 0) is 25.8 Å². The molecule has 2 aliphatic rings.